The van der Waals surface area contributed by atoms with Crippen molar-refractivity contribution < 1.29 is 14.3 Å². The molecule has 0 saturated heterocycles. The Balaban J connectivity index is 1.80. The number of ether oxygens (including phenoxy) is 2. The third-order valence-corrected chi connectivity index (χ3v) is 4.02. The van der Waals surface area contributed by atoms with Crippen LogP contribution >= 0.6 is 11.6 Å². The number of nitrogens with one attached hydrogen (secondary N) is 1. The van der Waals surface area contributed by atoms with Crippen LogP contribution in [0.4, 0.5) is 16.2 Å². The van der Waals surface area contributed by atoms with Gasteiger partial charge in [-0.25, -0.2) is 4.79 Å². The fraction of sp³-hybridized carbons (Fsp3) is 0.111. The largest absolute Gasteiger partial charge is 0.495 e. The fourth-order valence-electron chi connectivity index (χ4n) is 2.34. The van der Waals surface area contributed by atoms with Gasteiger partial charge in [-0.05, 0) is 17.7 Å². The Bertz CT molecular complexity index is 916. The number of rotatable bonds is 4. The number of halogens is 1. The summed E-state index contributed by atoms with van der Waals surface area (Å²) < 4.78 is 10.5. The Morgan fingerprint density at radius 1 is 1.28 bits per heavy atom. The van der Waals surface area contributed by atoms with Gasteiger partial charge in [0.05, 0.1) is 35.2 Å². The lowest BCUT2D eigenvalue weighted by atomic mass is 10.1. The highest BCUT2D eigenvalue weighted by Gasteiger charge is 2.13. The highest BCUT2D eigenvalue weighted by atomic mass is 35.5. The number of nitrogens with zero attached hydrogens (tertiary/aromatic N) is 1. The van der Waals surface area contributed by atoms with E-state index in [9.17, 15) is 4.79 Å². The second kappa shape index (κ2) is 7.27. The zero-order chi connectivity index (χ0) is 17.8. The van der Waals surface area contributed by atoms with Crippen LogP contribution in [-0.2, 0) is 11.3 Å². The van der Waals surface area contributed by atoms with Gasteiger partial charge in [-0.15, -0.1) is 0 Å². The van der Waals surface area contributed by atoms with E-state index in [2.05, 4.69) is 10.3 Å². The maximum Gasteiger partial charge on any atom is 0.412 e. The molecule has 0 aliphatic heterocycles. The topological polar surface area (TPSA) is 86.5 Å². The van der Waals surface area contributed by atoms with Gasteiger partial charge in [0, 0.05) is 5.39 Å². The summed E-state index contributed by atoms with van der Waals surface area (Å²) >= 11 is 6.20. The van der Waals surface area contributed by atoms with Crippen LogP contribution in [0.25, 0.3) is 10.9 Å². The number of aromatic nitrogens is 1. The van der Waals surface area contributed by atoms with Gasteiger partial charge < -0.3 is 15.2 Å². The molecular formula is C18H16ClN3O3. The predicted octanol–water partition coefficient (Wildman–Crippen LogP) is 4.23. The van der Waals surface area contributed by atoms with Gasteiger partial charge in [-0.2, -0.15) is 0 Å². The lowest BCUT2D eigenvalue weighted by molar-refractivity contribution is 0.155. The molecule has 3 N–H and O–H groups in total. The number of methoxy groups -OCH3 is 1. The van der Waals surface area contributed by atoms with E-state index in [1.54, 1.807) is 12.1 Å². The highest BCUT2D eigenvalue weighted by Crippen LogP contribution is 2.35. The Morgan fingerprint density at radius 3 is 2.76 bits per heavy atom. The first kappa shape index (κ1) is 16.9. The summed E-state index contributed by atoms with van der Waals surface area (Å²) in [5, 5.41) is 3.69. The van der Waals surface area contributed by atoms with Gasteiger partial charge in [0.2, 0.25) is 0 Å². The monoisotopic (exact) mass is 357 g/mol. The first-order chi connectivity index (χ1) is 12.1. The number of hydrogen-bond donors (Lipinski definition) is 2. The summed E-state index contributed by atoms with van der Waals surface area (Å²) in [6.45, 7) is 0.170. The summed E-state index contributed by atoms with van der Waals surface area (Å²) in [5.74, 6) is 0.429. The van der Waals surface area contributed by atoms with Crippen molar-refractivity contribution in [3.8, 4) is 5.75 Å². The number of anilines is 2. The molecule has 1 aromatic heterocycles. The van der Waals surface area contributed by atoms with Crippen LogP contribution < -0.4 is 15.8 Å². The van der Waals surface area contributed by atoms with Gasteiger partial charge in [-0.1, -0.05) is 41.9 Å². The molecule has 25 heavy (non-hydrogen) atoms. The van der Waals surface area contributed by atoms with E-state index >= 15 is 0 Å². The molecule has 7 heteroatoms. The molecule has 3 aromatic rings. The van der Waals surface area contributed by atoms with Crippen LogP contribution in [0.3, 0.4) is 0 Å². The average Bonchev–Trinajstić information content (AvgIpc) is 2.64. The second-order valence-corrected chi connectivity index (χ2v) is 5.66. The summed E-state index contributed by atoms with van der Waals surface area (Å²) in [6.07, 6.45) is 0.873. The number of amides is 1. The number of nitrogens with two attached hydrogens (primary N) is 1. The van der Waals surface area contributed by atoms with Gasteiger partial charge in [0.15, 0.2) is 0 Å². The molecule has 2 aromatic carbocycles. The molecule has 3 rings (SSSR count). The standard InChI is InChI=1S/C18H16ClN3O3/c1-24-16-7-12-14(21-9-13(20)17(12)19)8-15(16)22-18(23)25-10-11-5-3-2-4-6-11/h2-9H,10,20H2,1H3,(H,22,23). The third-order valence-electron chi connectivity index (χ3n) is 3.60. The van der Waals surface area contributed by atoms with Crippen LogP contribution in [-0.4, -0.2) is 18.2 Å². The molecule has 0 spiro atoms. The quantitative estimate of drug-likeness (QED) is 0.729. The highest BCUT2D eigenvalue weighted by molar-refractivity contribution is 6.37. The summed E-state index contributed by atoms with van der Waals surface area (Å²) in [7, 11) is 1.50. The molecule has 1 amide bonds. The maximum atomic E-state index is 12.1. The lowest BCUT2D eigenvalue weighted by Crippen LogP contribution is -2.14. The van der Waals surface area contributed by atoms with E-state index in [0.29, 0.717) is 33.0 Å². The van der Waals surface area contributed by atoms with Crippen LogP contribution in [0.1, 0.15) is 5.56 Å². The minimum absolute atomic E-state index is 0.170. The summed E-state index contributed by atoms with van der Waals surface area (Å²) in [4.78, 5) is 16.3. The lowest BCUT2D eigenvalue weighted by Gasteiger charge is -2.13. The predicted molar refractivity (Wildman–Crippen MR) is 98.0 cm³/mol. The van der Waals surface area contributed by atoms with E-state index in [-0.39, 0.29) is 6.61 Å². The van der Waals surface area contributed by atoms with Crippen LogP contribution in [0, 0.1) is 0 Å². The molecule has 0 bridgehead atoms. The fourth-order valence-corrected chi connectivity index (χ4v) is 2.54. The van der Waals surface area contributed by atoms with Gasteiger partial charge in [0.25, 0.3) is 0 Å². The van der Waals surface area contributed by atoms with Crippen molar-refractivity contribution in [2.45, 2.75) is 6.61 Å². The Morgan fingerprint density at radius 2 is 2.04 bits per heavy atom. The summed E-state index contributed by atoms with van der Waals surface area (Å²) in [6, 6.07) is 12.7. The van der Waals surface area contributed by atoms with Gasteiger partial charge >= 0.3 is 6.09 Å². The van der Waals surface area contributed by atoms with Crippen molar-refractivity contribution in [3.05, 3.63) is 59.2 Å². The van der Waals surface area contributed by atoms with Crippen molar-refractivity contribution in [1.82, 2.24) is 4.98 Å². The number of carbonyl (C=O) groups is 1. The van der Waals surface area contributed by atoms with Gasteiger partial charge in [0.1, 0.15) is 12.4 Å². The van der Waals surface area contributed by atoms with E-state index in [1.165, 1.54) is 13.3 Å². The molecular weight excluding hydrogens is 342 g/mol. The minimum Gasteiger partial charge on any atom is -0.495 e. The smallest absolute Gasteiger partial charge is 0.412 e. The normalized spacial score (nSPS) is 10.5. The van der Waals surface area contributed by atoms with Crippen molar-refractivity contribution in [3.63, 3.8) is 0 Å². The number of hydrogen-bond acceptors (Lipinski definition) is 5. The van der Waals surface area contributed by atoms with Crippen LogP contribution in [0.2, 0.25) is 5.02 Å². The third kappa shape index (κ3) is 3.75. The number of carbonyl (C=O) groups excluding carboxylic acids is 1. The van der Waals surface area contributed by atoms with E-state index in [1.807, 2.05) is 30.3 Å². The number of pyridine rings is 1. The van der Waals surface area contributed by atoms with Gasteiger partial charge in [-0.3, -0.25) is 10.3 Å². The van der Waals surface area contributed by atoms with Crippen molar-refractivity contribution in [1.29, 1.82) is 0 Å². The van der Waals surface area contributed by atoms with Crippen LogP contribution in [0.15, 0.2) is 48.7 Å². The molecule has 0 fully saturated rings. The molecule has 1 heterocycles. The Labute approximate surface area is 149 Å². The molecule has 0 unspecified atom stereocenters. The molecule has 128 valence electrons. The average molecular weight is 358 g/mol. The Hall–Kier alpha value is -2.99. The Kier molecular flexibility index (Phi) is 4.90. The first-order valence-corrected chi connectivity index (χ1v) is 7.85. The SMILES string of the molecule is COc1cc2c(Cl)c(N)cnc2cc1NC(=O)OCc1ccccc1. The van der Waals surface area contributed by atoms with Crippen LogP contribution in [0.5, 0.6) is 5.75 Å². The summed E-state index contributed by atoms with van der Waals surface area (Å²) in [5.41, 5.74) is 8.05. The van der Waals surface area contributed by atoms with E-state index in [4.69, 9.17) is 26.8 Å². The zero-order valence-corrected chi connectivity index (χ0v) is 14.2. The number of fused-ring (bicyclic) bond motifs is 1. The van der Waals surface area contributed by atoms with E-state index in [0.717, 1.165) is 5.56 Å². The molecule has 0 atom stereocenters. The maximum absolute atomic E-state index is 12.1. The zero-order valence-electron chi connectivity index (χ0n) is 13.5. The second-order valence-electron chi connectivity index (χ2n) is 5.28. The molecule has 0 aliphatic rings. The molecule has 0 saturated carbocycles. The van der Waals surface area contributed by atoms with Crippen molar-refractivity contribution in [2.75, 3.05) is 18.2 Å². The van der Waals surface area contributed by atoms with Crippen molar-refractivity contribution in [2.24, 2.45) is 0 Å². The van der Waals surface area contributed by atoms with E-state index < -0.39 is 6.09 Å². The molecule has 0 aliphatic carbocycles. The number of nitrogen functional groups attached to an aromatic ring is 1. The molecule has 0 radical (unpaired) electrons. The first-order valence-electron chi connectivity index (χ1n) is 7.48. The minimum atomic E-state index is -0.594. The molecule has 6 nitrogen and oxygen atoms in total. The number of benzene rings is 2. The van der Waals surface area contributed by atoms with Crippen molar-refractivity contribution >= 4 is 40.0 Å².